The summed E-state index contributed by atoms with van der Waals surface area (Å²) < 4.78 is 0. The molecule has 0 atom stereocenters. The number of aromatic nitrogens is 1. The summed E-state index contributed by atoms with van der Waals surface area (Å²) in [5.41, 5.74) is 0.918. The fourth-order valence-corrected chi connectivity index (χ4v) is 0.730. The first-order chi connectivity index (χ1) is 5.83. The first-order valence-electron chi connectivity index (χ1n) is 3.63. The summed E-state index contributed by atoms with van der Waals surface area (Å²) in [4.78, 5) is 14.7. The standard InChI is InChI=1S/C9H10N2O/c1-10-9(12)5-4-8-3-2-6-11-7-8/h2-7H,1H3,(H,10,12)/b5-4-. The first-order valence-corrected chi connectivity index (χ1v) is 3.63. The van der Waals surface area contributed by atoms with Crippen LogP contribution in [0.5, 0.6) is 0 Å². The molecule has 1 aromatic rings. The van der Waals surface area contributed by atoms with Crippen molar-refractivity contribution in [3.63, 3.8) is 0 Å². The third-order valence-electron chi connectivity index (χ3n) is 1.36. The molecule has 0 aliphatic heterocycles. The molecule has 0 fully saturated rings. The molecule has 0 aliphatic carbocycles. The predicted octanol–water partition coefficient (Wildman–Crippen LogP) is 0.841. The summed E-state index contributed by atoms with van der Waals surface area (Å²) in [6.07, 6.45) is 6.57. The Morgan fingerprint density at radius 3 is 3.08 bits per heavy atom. The van der Waals surface area contributed by atoms with Gasteiger partial charge in [-0.2, -0.15) is 0 Å². The molecule has 0 aromatic carbocycles. The number of nitrogens with one attached hydrogen (secondary N) is 1. The summed E-state index contributed by atoms with van der Waals surface area (Å²) in [6.45, 7) is 0. The summed E-state index contributed by atoms with van der Waals surface area (Å²) in [5.74, 6) is -0.112. The van der Waals surface area contributed by atoms with Gasteiger partial charge in [-0.15, -0.1) is 0 Å². The number of likely N-dealkylation sites (N-methyl/N-ethyl adjacent to an activating group) is 1. The number of hydrogen-bond acceptors (Lipinski definition) is 2. The molecule has 0 saturated heterocycles. The van der Waals surface area contributed by atoms with Gasteiger partial charge in [-0.3, -0.25) is 9.78 Å². The fourth-order valence-electron chi connectivity index (χ4n) is 0.730. The molecule has 1 N–H and O–H groups in total. The molecule has 1 aromatic heterocycles. The van der Waals surface area contributed by atoms with Crippen molar-refractivity contribution in [3.8, 4) is 0 Å². The fraction of sp³-hybridized carbons (Fsp3) is 0.111. The number of hydrogen-bond donors (Lipinski definition) is 1. The van der Waals surface area contributed by atoms with E-state index in [0.29, 0.717) is 0 Å². The second kappa shape index (κ2) is 4.28. The van der Waals surface area contributed by atoms with Gasteiger partial charge in [0.15, 0.2) is 0 Å². The topological polar surface area (TPSA) is 42.0 Å². The minimum atomic E-state index is -0.112. The maximum absolute atomic E-state index is 10.8. The Hall–Kier alpha value is -1.64. The monoisotopic (exact) mass is 162 g/mol. The van der Waals surface area contributed by atoms with Gasteiger partial charge in [0.25, 0.3) is 0 Å². The number of pyridine rings is 1. The molecule has 1 heterocycles. The van der Waals surface area contributed by atoms with Crippen molar-refractivity contribution in [2.45, 2.75) is 0 Å². The van der Waals surface area contributed by atoms with Crippen molar-refractivity contribution in [3.05, 3.63) is 36.2 Å². The van der Waals surface area contributed by atoms with Crippen LogP contribution in [0.3, 0.4) is 0 Å². The van der Waals surface area contributed by atoms with Gasteiger partial charge in [0.1, 0.15) is 0 Å². The minimum absolute atomic E-state index is 0.112. The highest BCUT2D eigenvalue weighted by molar-refractivity contribution is 5.91. The van der Waals surface area contributed by atoms with Crippen LogP contribution in [0.1, 0.15) is 5.56 Å². The Bertz CT molecular complexity index is 280. The number of amides is 1. The van der Waals surface area contributed by atoms with E-state index in [2.05, 4.69) is 10.3 Å². The summed E-state index contributed by atoms with van der Waals surface area (Å²) in [7, 11) is 1.59. The zero-order valence-electron chi connectivity index (χ0n) is 6.82. The van der Waals surface area contributed by atoms with Crippen LogP contribution in [0, 0.1) is 0 Å². The van der Waals surface area contributed by atoms with E-state index in [4.69, 9.17) is 0 Å². The number of carbonyl (C=O) groups excluding carboxylic acids is 1. The van der Waals surface area contributed by atoms with E-state index in [1.54, 1.807) is 25.5 Å². The summed E-state index contributed by atoms with van der Waals surface area (Å²) >= 11 is 0. The Kier molecular flexibility index (Phi) is 3.02. The largest absolute Gasteiger partial charge is 0.356 e. The number of nitrogens with zero attached hydrogens (tertiary/aromatic N) is 1. The zero-order valence-corrected chi connectivity index (χ0v) is 6.82. The second-order valence-electron chi connectivity index (χ2n) is 2.23. The highest BCUT2D eigenvalue weighted by Gasteiger charge is 1.88. The third kappa shape index (κ3) is 2.54. The average molecular weight is 162 g/mol. The van der Waals surface area contributed by atoms with Gasteiger partial charge >= 0.3 is 0 Å². The van der Waals surface area contributed by atoms with E-state index in [1.165, 1.54) is 6.08 Å². The van der Waals surface area contributed by atoms with Crippen molar-refractivity contribution in [1.82, 2.24) is 10.3 Å². The SMILES string of the molecule is CNC(=O)/C=C\c1cccnc1. The molecule has 12 heavy (non-hydrogen) atoms. The number of rotatable bonds is 2. The molecular weight excluding hydrogens is 152 g/mol. The lowest BCUT2D eigenvalue weighted by atomic mass is 10.2. The molecule has 3 nitrogen and oxygen atoms in total. The maximum Gasteiger partial charge on any atom is 0.243 e. The predicted molar refractivity (Wildman–Crippen MR) is 47.3 cm³/mol. The van der Waals surface area contributed by atoms with Crippen LogP contribution in [0.25, 0.3) is 6.08 Å². The second-order valence-corrected chi connectivity index (χ2v) is 2.23. The molecule has 0 radical (unpaired) electrons. The first kappa shape index (κ1) is 8.46. The van der Waals surface area contributed by atoms with Gasteiger partial charge in [-0.05, 0) is 17.7 Å². The lowest BCUT2D eigenvalue weighted by Crippen LogP contribution is -2.13. The van der Waals surface area contributed by atoms with E-state index in [-0.39, 0.29) is 5.91 Å². The molecule has 0 bridgehead atoms. The van der Waals surface area contributed by atoms with Crippen molar-refractivity contribution < 1.29 is 4.79 Å². The summed E-state index contributed by atoms with van der Waals surface area (Å²) in [6, 6.07) is 3.70. The lowest BCUT2D eigenvalue weighted by Gasteiger charge is -1.90. The van der Waals surface area contributed by atoms with Crippen molar-refractivity contribution in [1.29, 1.82) is 0 Å². The van der Waals surface area contributed by atoms with Crippen molar-refractivity contribution in [2.75, 3.05) is 7.05 Å². The Balaban J connectivity index is 2.64. The maximum atomic E-state index is 10.8. The third-order valence-corrected chi connectivity index (χ3v) is 1.36. The Labute approximate surface area is 71.1 Å². The van der Waals surface area contributed by atoms with Crippen molar-refractivity contribution >= 4 is 12.0 Å². The van der Waals surface area contributed by atoms with E-state index in [9.17, 15) is 4.79 Å². The Morgan fingerprint density at radius 1 is 1.67 bits per heavy atom. The average Bonchev–Trinajstić information content (AvgIpc) is 2.16. The molecule has 0 aliphatic rings. The Morgan fingerprint density at radius 2 is 2.50 bits per heavy atom. The van der Waals surface area contributed by atoms with Gasteiger partial charge in [0, 0.05) is 25.5 Å². The molecule has 3 heteroatoms. The quantitative estimate of drug-likeness (QED) is 0.655. The normalized spacial score (nSPS) is 10.1. The van der Waals surface area contributed by atoms with Gasteiger partial charge in [-0.25, -0.2) is 0 Å². The molecule has 1 amide bonds. The number of carbonyl (C=O) groups is 1. The van der Waals surface area contributed by atoms with E-state index in [1.807, 2.05) is 12.1 Å². The van der Waals surface area contributed by atoms with Gasteiger partial charge < -0.3 is 5.32 Å². The van der Waals surface area contributed by atoms with E-state index < -0.39 is 0 Å². The minimum Gasteiger partial charge on any atom is -0.356 e. The zero-order chi connectivity index (χ0) is 8.81. The molecule has 62 valence electrons. The molecule has 0 spiro atoms. The molecule has 1 rings (SSSR count). The summed E-state index contributed by atoms with van der Waals surface area (Å²) in [5, 5.41) is 2.49. The van der Waals surface area contributed by atoms with Crippen LogP contribution in [-0.4, -0.2) is 17.9 Å². The molecule has 0 saturated carbocycles. The van der Waals surface area contributed by atoms with Gasteiger partial charge in [-0.1, -0.05) is 6.07 Å². The van der Waals surface area contributed by atoms with Crippen LogP contribution >= 0.6 is 0 Å². The van der Waals surface area contributed by atoms with Crippen LogP contribution in [-0.2, 0) is 4.79 Å². The molecular formula is C9H10N2O. The van der Waals surface area contributed by atoms with Crippen LogP contribution in [0.15, 0.2) is 30.6 Å². The molecule has 0 unspecified atom stereocenters. The smallest absolute Gasteiger partial charge is 0.243 e. The van der Waals surface area contributed by atoms with Crippen molar-refractivity contribution in [2.24, 2.45) is 0 Å². The van der Waals surface area contributed by atoms with Crippen LogP contribution in [0.2, 0.25) is 0 Å². The lowest BCUT2D eigenvalue weighted by molar-refractivity contribution is -0.115. The highest BCUT2D eigenvalue weighted by atomic mass is 16.1. The van der Waals surface area contributed by atoms with Gasteiger partial charge in [0.05, 0.1) is 0 Å². The van der Waals surface area contributed by atoms with Crippen LogP contribution in [0.4, 0.5) is 0 Å². The van der Waals surface area contributed by atoms with E-state index in [0.717, 1.165) is 5.56 Å². The highest BCUT2D eigenvalue weighted by Crippen LogP contribution is 1.97. The van der Waals surface area contributed by atoms with E-state index >= 15 is 0 Å². The van der Waals surface area contributed by atoms with Gasteiger partial charge in [0.2, 0.25) is 5.91 Å². The van der Waals surface area contributed by atoms with Crippen LogP contribution < -0.4 is 5.32 Å².